The van der Waals surface area contributed by atoms with Gasteiger partial charge in [-0.15, -0.1) is 0 Å². The van der Waals surface area contributed by atoms with Gasteiger partial charge in [0.15, 0.2) is 0 Å². The van der Waals surface area contributed by atoms with Crippen LogP contribution in [0.1, 0.15) is 20.3 Å². The molecular weight excluding hydrogens is 292 g/mol. The predicted molar refractivity (Wildman–Crippen MR) is 72.7 cm³/mol. The Hall–Kier alpha value is -1.18. The van der Waals surface area contributed by atoms with Gasteiger partial charge in [0.2, 0.25) is 10.0 Å². The highest BCUT2D eigenvalue weighted by atomic mass is 35.5. The number of nitro benzene ring substituents is 1. The maximum absolute atomic E-state index is 11.9. The fourth-order valence-electron chi connectivity index (χ4n) is 1.36. The minimum atomic E-state index is -3.74. The lowest BCUT2D eigenvalue weighted by atomic mass is 10.1. The van der Waals surface area contributed by atoms with Gasteiger partial charge in [-0.05, 0) is 24.5 Å². The quantitative estimate of drug-likeness (QED) is 0.646. The van der Waals surface area contributed by atoms with Gasteiger partial charge >= 0.3 is 0 Å². The zero-order valence-electron chi connectivity index (χ0n) is 10.6. The van der Waals surface area contributed by atoms with Crippen LogP contribution in [0.15, 0.2) is 23.1 Å². The van der Waals surface area contributed by atoms with Gasteiger partial charge in [0.05, 0.1) is 9.82 Å². The first kappa shape index (κ1) is 15.9. The minimum absolute atomic E-state index is 0.0915. The highest BCUT2D eigenvalue weighted by Crippen LogP contribution is 2.26. The average molecular weight is 307 g/mol. The normalized spacial score (nSPS) is 11.8. The van der Waals surface area contributed by atoms with Gasteiger partial charge in [-0.25, -0.2) is 13.1 Å². The lowest BCUT2D eigenvalue weighted by Crippen LogP contribution is -2.25. The number of nitrogens with zero attached hydrogens (tertiary/aromatic N) is 1. The molecule has 0 saturated carbocycles. The van der Waals surface area contributed by atoms with Gasteiger partial charge in [0.1, 0.15) is 5.02 Å². The van der Waals surface area contributed by atoms with Crippen LogP contribution < -0.4 is 4.72 Å². The molecule has 0 aliphatic heterocycles. The molecule has 0 atom stereocenters. The molecule has 19 heavy (non-hydrogen) atoms. The molecule has 0 unspecified atom stereocenters. The summed E-state index contributed by atoms with van der Waals surface area (Å²) in [5.41, 5.74) is -0.423. The molecule has 0 fully saturated rings. The first-order valence-corrected chi connectivity index (χ1v) is 7.53. The van der Waals surface area contributed by atoms with Crippen molar-refractivity contribution < 1.29 is 13.3 Å². The van der Waals surface area contributed by atoms with Gasteiger partial charge in [0.25, 0.3) is 5.69 Å². The number of halogens is 1. The number of rotatable bonds is 6. The second-order valence-corrected chi connectivity index (χ2v) is 6.62. The minimum Gasteiger partial charge on any atom is -0.258 e. The molecule has 0 radical (unpaired) electrons. The summed E-state index contributed by atoms with van der Waals surface area (Å²) in [5, 5.41) is 10.6. The van der Waals surface area contributed by atoms with E-state index >= 15 is 0 Å². The third-order valence-corrected chi connectivity index (χ3v) is 4.22. The summed E-state index contributed by atoms with van der Waals surface area (Å²) in [4.78, 5) is 9.84. The summed E-state index contributed by atoms with van der Waals surface area (Å²) in [5.74, 6) is 0.363. The number of nitrogens with one attached hydrogen (secondary N) is 1. The fraction of sp³-hybridized carbons (Fsp3) is 0.455. The van der Waals surface area contributed by atoms with Crippen molar-refractivity contribution in [3.8, 4) is 0 Å². The van der Waals surface area contributed by atoms with Crippen molar-refractivity contribution in [1.29, 1.82) is 0 Å². The van der Waals surface area contributed by atoms with Crippen LogP contribution in [0.3, 0.4) is 0 Å². The van der Waals surface area contributed by atoms with Crippen molar-refractivity contribution in [2.24, 2.45) is 5.92 Å². The van der Waals surface area contributed by atoms with E-state index in [1.165, 1.54) is 12.1 Å². The number of benzene rings is 1. The van der Waals surface area contributed by atoms with E-state index in [0.717, 1.165) is 6.07 Å². The molecule has 0 bridgehead atoms. The molecule has 0 aromatic heterocycles. The Bertz CT molecular complexity index is 572. The van der Waals surface area contributed by atoms with E-state index in [4.69, 9.17) is 11.6 Å². The summed E-state index contributed by atoms with van der Waals surface area (Å²) in [7, 11) is -3.74. The first-order chi connectivity index (χ1) is 8.74. The van der Waals surface area contributed by atoms with Gasteiger partial charge in [0, 0.05) is 12.6 Å². The molecule has 0 spiro atoms. The topological polar surface area (TPSA) is 89.3 Å². The molecule has 1 rings (SSSR count). The Morgan fingerprint density at radius 2 is 2.05 bits per heavy atom. The molecule has 0 amide bonds. The first-order valence-electron chi connectivity index (χ1n) is 5.67. The lowest BCUT2D eigenvalue weighted by Gasteiger charge is -2.08. The molecular formula is C11H15ClN2O4S. The van der Waals surface area contributed by atoms with Crippen LogP contribution in [-0.2, 0) is 10.0 Å². The Kier molecular flexibility index (Phi) is 5.28. The second kappa shape index (κ2) is 6.31. The van der Waals surface area contributed by atoms with Gasteiger partial charge < -0.3 is 0 Å². The van der Waals surface area contributed by atoms with Crippen molar-refractivity contribution >= 4 is 27.3 Å². The van der Waals surface area contributed by atoms with E-state index in [1.54, 1.807) is 0 Å². The van der Waals surface area contributed by atoms with Crippen molar-refractivity contribution in [3.63, 3.8) is 0 Å². The van der Waals surface area contributed by atoms with Crippen LogP contribution in [0, 0.1) is 16.0 Å². The third kappa shape index (κ3) is 4.45. The third-order valence-electron chi connectivity index (χ3n) is 2.44. The summed E-state index contributed by atoms with van der Waals surface area (Å²) in [6.45, 7) is 4.24. The SMILES string of the molecule is CC(C)CCNS(=O)(=O)c1ccc(Cl)c([N+](=O)[O-])c1. The summed E-state index contributed by atoms with van der Waals surface area (Å²) in [6.07, 6.45) is 0.689. The van der Waals surface area contributed by atoms with Crippen molar-refractivity contribution in [3.05, 3.63) is 33.3 Å². The van der Waals surface area contributed by atoms with Crippen LogP contribution in [0.4, 0.5) is 5.69 Å². The van der Waals surface area contributed by atoms with E-state index in [9.17, 15) is 18.5 Å². The standard InChI is InChI=1S/C11H15ClN2O4S/c1-8(2)5-6-13-19(17,18)9-3-4-10(12)11(7-9)14(15)16/h3-4,7-8,13H,5-6H2,1-2H3. The smallest absolute Gasteiger partial charge is 0.258 e. The summed E-state index contributed by atoms with van der Waals surface area (Å²) >= 11 is 5.63. The van der Waals surface area contributed by atoms with Gasteiger partial charge in [-0.1, -0.05) is 25.4 Å². The number of sulfonamides is 1. The second-order valence-electron chi connectivity index (χ2n) is 4.45. The van der Waals surface area contributed by atoms with Crippen molar-refractivity contribution in [1.82, 2.24) is 4.72 Å². The monoisotopic (exact) mass is 306 g/mol. The molecule has 8 heteroatoms. The number of hydrogen-bond donors (Lipinski definition) is 1. The highest BCUT2D eigenvalue weighted by Gasteiger charge is 2.20. The Morgan fingerprint density at radius 3 is 2.58 bits per heavy atom. The van der Waals surface area contributed by atoms with Gasteiger partial charge in [-0.2, -0.15) is 0 Å². The maximum Gasteiger partial charge on any atom is 0.289 e. The van der Waals surface area contributed by atoms with Crippen LogP contribution in [-0.4, -0.2) is 19.9 Å². The Balaban J connectivity index is 2.96. The molecule has 0 aliphatic rings. The van der Waals surface area contributed by atoms with E-state index in [2.05, 4.69) is 4.72 Å². The van der Waals surface area contributed by atoms with E-state index < -0.39 is 20.6 Å². The number of nitro groups is 1. The van der Waals surface area contributed by atoms with E-state index in [1.807, 2.05) is 13.8 Å². The van der Waals surface area contributed by atoms with Crippen molar-refractivity contribution in [2.45, 2.75) is 25.2 Å². The fourth-order valence-corrected chi connectivity index (χ4v) is 2.62. The Labute approximate surface area is 117 Å². The van der Waals surface area contributed by atoms with Crippen molar-refractivity contribution in [2.75, 3.05) is 6.54 Å². The molecule has 0 heterocycles. The number of hydrogen-bond acceptors (Lipinski definition) is 4. The van der Waals surface area contributed by atoms with Crippen LogP contribution in [0.25, 0.3) is 0 Å². The zero-order valence-corrected chi connectivity index (χ0v) is 12.2. The largest absolute Gasteiger partial charge is 0.289 e. The molecule has 1 N–H and O–H groups in total. The van der Waals surface area contributed by atoms with Crippen LogP contribution in [0.2, 0.25) is 5.02 Å². The average Bonchev–Trinajstić information content (AvgIpc) is 2.27. The summed E-state index contributed by atoms with van der Waals surface area (Å²) < 4.78 is 26.2. The highest BCUT2D eigenvalue weighted by molar-refractivity contribution is 7.89. The molecule has 106 valence electrons. The molecule has 0 saturated heterocycles. The lowest BCUT2D eigenvalue weighted by molar-refractivity contribution is -0.384. The Morgan fingerprint density at radius 1 is 1.42 bits per heavy atom. The van der Waals surface area contributed by atoms with E-state index in [0.29, 0.717) is 12.3 Å². The maximum atomic E-state index is 11.9. The molecule has 1 aromatic carbocycles. The van der Waals surface area contributed by atoms with Crippen LogP contribution in [0.5, 0.6) is 0 Å². The molecule has 1 aromatic rings. The van der Waals surface area contributed by atoms with Crippen LogP contribution >= 0.6 is 11.6 Å². The molecule has 6 nitrogen and oxygen atoms in total. The van der Waals surface area contributed by atoms with E-state index in [-0.39, 0.29) is 16.5 Å². The molecule has 0 aliphatic carbocycles. The zero-order chi connectivity index (χ0) is 14.6. The predicted octanol–water partition coefficient (Wildman–Crippen LogP) is 2.57. The van der Waals surface area contributed by atoms with Gasteiger partial charge in [-0.3, -0.25) is 10.1 Å². The summed E-state index contributed by atoms with van der Waals surface area (Å²) in [6, 6.07) is 3.41.